The molecule has 31 heavy (non-hydrogen) atoms. The largest absolute Gasteiger partial charge is 0.381 e. The van der Waals surface area contributed by atoms with Crippen molar-refractivity contribution in [3.63, 3.8) is 0 Å². The highest BCUT2D eigenvalue weighted by atomic mass is 35.5. The summed E-state index contributed by atoms with van der Waals surface area (Å²) >= 11 is 5.91. The van der Waals surface area contributed by atoms with Crippen molar-refractivity contribution in [2.24, 2.45) is 0 Å². The number of imidazole rings is 1. The molecule has 0 aliphatic carbocycles. The standard InChI is InChI=1S/C21H18ClF2N5O2/c22-15-3-1-14(2-4-15)19(30)20-26-7-8-28(20)10-21(31,11-29-13-25-12-27-29)17-6-5-16(23)9-18(17)24/h1-9,12-13,19,30-31H,10-11H2. The summed E-state index contributed by atoms with van der Waals surface area (Å²) in [7, 11) is 0. The Morgan fingerprint density at radius 2 is 1.87 bits per heavy atom. The molecule has 2 heterocycles. The molecule has 2 aromatic heterocycles. The van der Waals surface area contributed by atoms with Gasteiger partial charge in [-0.25, -0.2) is 23.4 Å². The lowest BCUT2D eigenvalue weighted by Gasteiger charge is -2.30. The molecule has 10 heteroatoms. The summed E-state index contributed by atoms with van der Waals surface area (Å²) in [4.78, 5) is 8.05. The van der Waals surface area contributed by atoms with Crippen LogP contribution in [-0.4, -0.2) is 34.5 Å². The number of rotatable bonds is 7. The van der Waals surface area contributed by atoms with Crippen LogP contribution in [0, 0.1) is 11.6 Å². The Kier molecular flexibility index (Phi) is 5.81. The summed E-state index contributed by atoms with van der Waals surface area (Å²) in [5, 5.41) is 26.8. The van der Waals surface area contributed by atoms with Crippen molar-refractivity contribution in [1.82, 2.24) is 24.3 Å². The van der Waals surface area contributed by atoms with Crippen LogP contribution >= 0.6 is 11.6 Å². The summed E-state index contributed by atoms with van der Waals surface area (Å²) in [5.41, 5.74) is -1.42. The minimum Gasteiger partial charge on any atom is -0.381 e. The highest BCUT2D eigenvalue weighted by molar-refractivity contribution is 6.30. The third kappa shape index (κ3) is 4.48. The molecular formula is C21H18ClF2N5O2. The molecule has 0 aliphatic heterocycles. The average molecular weight is 446 g/mol. The molecule has 0 spiro atoms. The SMILES string of the molecule is OC(c1ccc(Cl)cc1)c1nccn1CC(O)(Cn1cncn1)c1ccc(F)cc1F. The van der Waals surface area contributed by atoms with Gasteiger partial charge in [-0.1, -0.05) is 29.8 Å². The first-order valence-electron chi connectivity index (χ1n) is 9.30. The first-order valence-corrected chi connectivity index (χ1v) is 9.68. The fourth-order valence-corrected chi connectivity index (χ4v) is 3.57. The van der Waals surface area contributed by atoms with E-state index in [-0.39, 0.29) is 24.5 Å². The van der Waals surface area contributed by atoms with Crippen molar-refractivity contribution < 1.29 is 19.0 Å². The third-order valence-electron chi connectivity index (χ3n) is 4.93. The molecule has 0 saturated carbocycles. The topological polar surface area (TPSA) is 89.0 Å². The van der Waals surface area contributed by atoms with Crippen LogP contribution in [0.25, 0.3) is 0 Å². The second kappa shape index (κ2) is 8.54. The van der Waals surface area contributed by atoms with E-state index in [1.54, 1.807) is 30.5 Å². The number of aliphatic hydroxyl groups is 2. The number of nitrogens with zero attached hydrogens (tertiary/aromatic N) is 5. The van der Waals surface area contributed by atoms with Crippen molar-refractivity contribution in [1.29, 1.82) is 0 Å². The molecule has 4 rings (SSSR count). The third-order valence-corrected chi connectivity index (χ3v) is 5.18. The zero-order valence-electron chi connectivity index (χ0n) is 16.1. The molecule has 0 amide bonds. The van der Waals surface area contributed by atoms with Crippen LogP contribution < -0.4 is 0 Å². The zero-order chi connectivity index (χ0) is 22.0. The number of hydrogen-bond donors (Lipinski definition) is 2. The van der Waals surface area contributed by atoms with E-state index in [9.17, 15) is 19.0 Å². The first-order chi connectivity index (χ1) is 14.9. The zero-order valence-corrected chi connectivity index (χ0v) is 16.9. The van der Waals surface area contributed by atoms with E-state index in [4.69, 9.17) is 11.6 Å². The Balaban J connectivity index is 1.71. The van der Waals surface area contributed by atoms with E-state index in [2.05, 4.69) is 15.1 Å². The number of halogens is 3. The molecule has 2 unspecified atom stereocenters. The second-order valence-corrected chi connectivity index (χ2v) is 7.55. The Labute approximate surface area is 181 Å². The van der Waals surface area contributed by atoms with Crippen LogP contribution in [0.3, 0.4) is 0 Å². The van der Waals surface area contributed by atoms with Gasteiger partial charge in [0.15, 0.2) is 0 Å². The predicted octanol–water partition coefficient (Wildman–Crippen LogP) is 3.08. The lowest BCUT2D eigenvalue weighted by atomic mass is 9.92. The minimum atomic E-state index is -1.85. The van der Waals surface area contributed by atoms with Gasteiger partial charge in [0.2, 0.25) is 0 Å². The van der Waals surface area contributed by atoms with Gasteiger partial charge in [-0.15, -0.1) is 0 Å². The summed E-state index contributed by atoms with van der Waals surface area (Å²) in [6.45, 7) is -0.348. The van der Waals surface area contributed by atoms with Crippen molar-refractivity contribution in [3.8, 4) is 0 Å². The van der Waals surface area contributed by atoms with Gasteiger partial charge in [-0.3, -0.25) is 0 Å². The van der Waals surface area contributed by atoms with Gasteiger partial charge in [0.1, 0.15) is 41.8 Å². The lowest BCUT2D eigenvalue weighted by molar-refractivity contribution is -0.00731. The van der Waals surface area contributed by atoms with Gasteiger partial charge in [0, 0.05) is 29.0 Å². The van der Waals surface area contributed by atoms with E-state index < -0.39 is 23.3 Å². The minimum absolute atomic E-state index is 0.120. The van der Waals surface area contributed by atoms with Crippen LogP contribution in [0.15, 0.2) is 67.5 Å². The van der Waals surface area contributed by atoms with Crippen LogP contribution in [-0.2, 0) is 18.7 Å². The molecule has 2 aromatic carbocycles. The molecule has 4 aromatic rings. The molecule has 2 atom stereocenters. The van der Waals surface area contributed by atoms with E-state index >= 15 is 0 Å². The predicted molar refractivity (Wildman–Crippen MR) is 108 cm³/mol. The van der Waals surface area contributed by atoms with Gasteiger partial charge in [0.25, 0.3) is 0 Å². The molecule has 0 saturated heterocycles. The van der Waals surface area contributed by atoms with Crippen molar-refractivity contribution in [3.05, 3.63) is 101 Å². The van der Waals surface area contributed by atoms with E-state index in [1.165, 1.54) is 34.2 Å². The maximum Gasteiger partial charge on any atom is 0.142 e. The van der Waals surface area contributed by atoms with Gasteiger partial charge >= 0.3 is 0 Å². The Morgan fingerprint density at radius 1 is 1.10 bits per heavy atom. The second-order valence-electron chi connectivity index (χ2n) is 7.12. The quantitative estimate of drug-likeness (QED) is 0.456. The maximum absolute atomic E-state index is 14.6. The highest BCUT2D eigenvalue weighted by Gasteiger charge is 2.35. The number of aliphatic hydroxyl groups excluding tert-OH is 1. The molecule has 0 radical (unpaired) electrons. The van der Waals surface area contributed by atoms with Gasteiger partial charge < -0.3 is 14.8 Å². The number of benzene rings is 2. The molecular weight excluding hydrogens is 428 g/mol. The van der Waals surface area contributed by atoms with Crippen molar-refractivity contribution >= 4 is 11.6 Å². The van der Waals surface area contributed by atoms with E-state index in [0.717, 1.165) is 6.07 Å². The molecule has 0 fully saturated rings. The molecule has 160 valence electrons. The normalized spacial score (nSPS) is 14.4. The fourth-order valence-electron chi connectivity index (χ4n) is 3.45. The lowest BCUT2D eigenvalue weighted by Crippen LogP contribution is -2.38. The highest BCUT2D eigenvalue weighted by Crippen LogP contribution is 2.30. The Morgan fingerprint density at radius 3 is 2.55 bits per heavy atom. The van der Waals surface area contributed by atoms with Gasteiger partial charge in [-0.2, -0.15) is 5.10 Å². The van der Waals surface area contributed by atoms with Crippen molar-refractivity contribution in [2.75, 3.05) is 0 Å². The molecule has 0 aliphatic rings. The van der Waals surface area contributed by atoms with Gasteiger partial charge in [-0.05, 0) is 23.8 Å². The van der Waals surface area contributed by atoms with E-state index in [0.29, 0.717) is 16.7 Å². The number of hydrogen-bond acceptors (Lipinski definition) is 5. The molecule has 7 nitrogen and oxygen atoms in total. The summed E-state index contributed by atoms with van der Waals surface area (Å²) in [6, 6.07) is 9.57. The first kappa shape index (κ1) is 21.1. The van der Waals surface area contributed by atoms with E-state index in [1.807, 2.05) is 0 Å². The summed E-state index contributed by atoms with van der Waals surface area (Å²) < 4.78 is 31.0. The maximum atomic E-state index is 14.6. The Bertz CT molecular complexity index is 1170. The average Bonchev–Trinajstić information content (AvgIpc) is 3.39. The van der Waals surface area contributed by atoms with Crippen LogP contribution in [0.5, 0.6) is 0 Å². The van der Waals surface area contributed by atoms with Gasteiger partial charge in [0.05, 0.1) is 13.1 Å². The monoisotopic (exact) mass is 445 g/mol. The smallest absolute Gasteiger partial charge is 0.142 e. The van der Waals surface area contributed by atoms with Crippen LogP contribution in [0.1, 0.15) is 23.1 Å². The Hall–Kier alpha value is -3.14. The number of aromatic nitrogens is 5. The van der Waals surface area contributed by atoms with Crippen LogP contribution in [0.2, 0.25) is 5.02 Å². The van der Waals surface area contributed by atoms with Crippen LogP contribution in [0.4, 0.5) is 8.78 Å². The fraction of sp³-hybridized carbons (Fsp3) is 0.190. The molecule has 2 N–H and O–H groups in total. The van der Waals surface area contributed by atoms with Crippen molar-refractivity contribution in [2.45, 2.75) is 24.8 Å². The summed E-state index contributed by atoms with van der Waals surface area (Å²) in [6.07, 6.45) is 4.58. The molecule has 0 bridgehead atoms. The summed E-state index contributed by atoms with van der Waals surface area (Å²) in [5.74, 6) is -1.42.